The summed E-state index contributed by atoms with van der Waals surface area (Å²) < 4.78 is 27.6. The van der Waals surface area contributed by atoms with Crippen molar-refractivity contribution in [2.75, 3.05) is 19.6 Å². The molecular formula is C9H20N4O3S. The van der Waals surface area contributed by atoms with E-state index in [9.17, 15) is 8.42 Å². The van der Waals surface area contributed by atoms with Crippen LogP contribution in [0.1, 0.15) is 26.7 Å². The number of nitrogens with one attached hydrogen (secondary N) is 1. The van der Waals surface area contributed by atoms with Gasteiger partial charge < -0.3 is 10.9 Å². The number of hydrogen-bond donors (Lipinski definition) is 3. The zero-order valence-corrected chi connectivity index (χ0v) is 11.0. The molecule has 0 aromatic heterocycles. The minimum atomic E-state index is -3.44. The molecule has 0 radical (unpaired) electrons. The molecule has 1 fully saturated rings. The summed E-state index contributed by atoms with van der Waals surface area (Å²) >= 11 is 0. The van der Waals surface area contributed by atoms with E-state index in [0.29, 0.717) is 13.1 Å². The monoisotopic (exact) mass is 264 g/mol. The Hall–Kier alpha value is -0.860. The van der Waals surface area contributed by atoms with Crippen molar-refractivity contribution < 1.29 is 13.6 Å². The second-order valence-corrected chi connectivity index (χ2v) is 6.56. The lowest BCUT2D eigenvalue weighted by molar-refractivity contribution is 0.307. The Morgan fingerprint density at radius 3 is 2.47 bits per heavy atom. The van der Waals surface area contributed by atoms with Gasteiger partial charge in [0.05, 0.1) is 0 Å². The van der Waals surface area contributed by atoms with Crippen molar-refractivity contribution in [3.63, 3.8) is 0 Å². The molecule has 1 rings (SSSR count). The van der Waals surface area contributed by atoms with Crippen molar-refractivity contribution in [2.24, 2.45) is 16.3 Å². The Bertz CT molecular complexity index is 385. The summed E-state index contributed by atoms with van der Waals surface area (Å²) in [6.07, 6.45) is 1.79. The first-order valence-electron chi connectivity index (χ1n) is 5.52. The summed E-state index contributed by atoms with van der Waals surface area (Å²) in [7, 11) is -3.44. The molecule has 0 bridgehead atoms. The molecular weight excluding hydrogens is 244 g/mol. The average Bonchev–Trinajstić information content (AvgIpc) is 2.79. The van der Waals surface area contributed by atoms with Crippen molar-refractivity contribution in [3.8, 4) is 0 Å². The fourth-order valence-electron chi connectivity index (χ4n) is 1.52. The van der Waals surface area contributed by atoms with Gasteiger partial charge in [0.25, 0.3) is 10.2 Å². The van der Waals surface area contributed by atoms with E-state index in [-0.39, 0.29) is 12.4 Å². The average molecular weight is 264 g/mol. The van der Waals surface area contributed by atoms with Gasteiger partial charge in [-0.15, -0.1) is 0 Å². The third-order valence-corrected chi connectivity index (χ3v) is 4.46. The largest absolute Gasteiger partial charge is 0.409 e. The van der Waals surface area contributed by atoms with E-state index in [1.165, 1.54) is 4.31 Å². The minimum absolute atomic E-state index is 0.00150. The van der Waals surface area contributed by atoms with Crippen LogP contribution in [0.3, 0.4) is 0 Å². The van der Waals surface area contributed by atoms with Gasteiger partial charge in [0.1, 0.15) is 5.84 Å². The SMILES string of the molecule is CC(C)(CNS(=O)(=O)N1CCCC1)C(N)=NO. The van der Waals surface area contributed by atoms with Gasteiger partial charge in [-0.3, -0.25) is 0 Å². The van der Waals surface area contributed by atoms with Gasteiger partial charge in [-0.2, -0.15) is 12.7 Å². The van der Waals surface area contributed by atoms with Crippen LogP contribution in [0.2, 0.25) is 0 Å². The highest BCUT2D eigenvalue weighted by molar-refractivity contribution is 7.87. The molecule has 0 aliphatic carbocycles. The van der Waals surface area contributed by atoms with E-state index < -0.39 is 15.6 Å². The third-order valence-electron chi connectivity index (χ3n) is 2.90. The maximum absolute atomic E-state index is 11.9. The van der Waals surface area contributed by atoms with E-state index in [1.807, 2.05) is 0 Å². The maximum Gasteiger partial charge on any atom is 0.279 e. The van der Waals surface area contributed by atoms with Crippen molar-refractivity contribution >= 4 is 16.0 Å². The first kappa shape index (κ1) is 14.2. The predicted octanol–water partition coefficient (Wildman–Crippen LogP) is -0.311. The summed E-state index contributed by atoms with van der Waals surface area (Å²) in [5.74, 6) is 0.00150. The van der Waals surface area contributed by atoms with Crippen LogP contribution < -0.4 is 10.5 Å². The predicted molar refractivity (Wildman–Crippen MR) is 64.9 cm³/mol. The number of amidine groups is 1. The molecule has 100 valence electrons. The molecule has 1 heterocycles. The molecule has 1 saturated heterocycles. The number of rotatable bonds is 5. The Balaban J connectivity index is 2.61. The first-order chi connectivity index (χ1) is 7.79. The highest BCUT2D eigenvalue weighted by Gasteiger charge is 2.30. The fourth-order valence-corrected chi connectivity index (χ4v) is 2.98. The van der Waals surface area contributed by atoms with Crippen LogP contribution in [0, 0.1) is 5.41 Å². The first-order valence-corrected chi connectivity index (χ1v) is 6.96. The lowest BCUT2D eigenvalue weighted by Crippen LogP contribution is -2.46. The quantitative estimate of drug-likeness (QED) is 0.274. The second kappa shape index (κ2) is 5.19. The Morgan fingerprint density at radius 1 is 1.47 bits per heavy atom. The van der Waals surface area contributed by atoms with Crippen LogP contribution in [0.4, 0.5) is 0 Å². The summed E-state index contributed by atoms with van der Waals surface area (Å²) in [5.41, 5.74) is 4.76. The van der Waals surface area contributed by atoms with Crippen LogP contribution in [0.5, 0.6) is 0 Å². The molecule has 0 saturated carbocycles. The maximum atomic E-state index is 11.9. The van der Waals surface area contributed by atoms with Gasteiger partial charge >= 0.3 is 0 Å². The molecule has 0 unspecified atom stereocenters. The smallest absolute Gasteiger partial charge is 0.279 e. The molecule has 1 aliphatic heterocycles. The lowest BCUT2D eigenvalue weighted by Gasteiger charge is -2.25. The van der Waals surface area contributed by atoms with Crippen molar-refractivity contribution in [3.05, 3.63) is 0 Å². The van der Waals surface area contributed by atoms with Gasteiger partial charge in [-0.25, -0.2) is 4.72 Å². The molecule has 17 heavy (non-hydrogen) atoms. The highest BCUT2D eigenvalue weighted by atomic mass is 32.2. The number of oxime groups is 1. The van der Waals surface area contributed by atoms with Crippen LogP contribution in [-0.4, -0.2) is 43.4 Å². The van der Waals surface area contributed by atoms with Gasteiger partial charge in [0.15, 0.2) is 0 Å². The lowest BCUT2D eigenvalue weighted by atomic mass is 9.93. The number of nitrogens with zero attached hydrogens (tertiary/aromatic N) is 2. The van der Waals surface area contributed by atoms with Crippen LogP contribution in [0.15, 0.2) is 5.16 Å². The zero-order valence-electron chi connectivity index (χ0n) is 10.2. The molecule has 4 N–H and O–H groups in total. The van der Waals surface area contributed by atoms with Gasteiger partial charge in [-0.1, -0.05) is 19.0 Å². The Kier molecular flexibility index (Phi) is 4.34. The van der Waals surface area contributed by atoms with Gasteiger partial charge in [0.2, 0.25) is 0 Å². The van der Waals surface area contributed by atoms with E-state index in [4.69, 9.17) is 10.9 Å². The standard InChI is InChI=1S/C9H20N4O3S/c1-9(2,8(10)12-14)7-11-17(15,16)13-5-3-4-6-13/h11,14H,3-7H2,1-2H3,(H2,10,12). The molecule has 1 aliphatic rings. The summed E-state index contributed by atoms with van der Waals surface area (Å²) in [5, 5.41) is 11.5. The molecule has 0 aromatic rings. The molecule has 0 amide bonds. The molecule has 0 spiro atoms. The summed E-state index contributed by atoms with van der Waals surface area (Å²) in [6.45, 7) is 4.61. The Labute approximate surface area is 102 Å². The number of hydrogen-bond acceptors (Lipinski definition) is 4. The Morgan fingerprint density at radius 2 is 2.00 bits per heavy atom. The van der Waals surface area contributed by atoms with E-state index in [2.05, 4.69) is 9.88 Å². The topological polar surface area (TPSA) is 108 Å². The van der Waals surface area contributed by atoms with Crippen LogP contribution in [-0.2, 0) is 10.2 Å². The molecule has 0 atom stereocenters. The van der Waals surface area contributed by atoms with Crippen molar-refractivity contribution in [1.29, 1.82) is 0 Å². The minimum Gasteiger partial charge on any atom is -0.409 e. The molecule has 8 heteroatoms. The van der Waals surface area contributed by atoms with Crippen LogP contribution in [0.25, 0.3) is 0 Å². The second-order valence-electron chi connectivity index (χ2n) is 4.80. The fraction of sp³-hybridized carbons (Fsp3) is 0.889. The van der Waals surface area contributed by atoms with Crippen molar-refractivity contribution in [2.45, 2.75) is 26.7 Å². The number of nitrogens with two attached hydrogens (primary N) is 1. The normalized spacial score (nSPS) is 19.8. The zero-order chi connectivity index (χ0) is 13.1. The van der Waals surface area contributed by atoms with Crippen molar-refractivity contribution in [1.82, 2.24) is 9.03 Å². The van der Waals surface area contributed by atoms with Gasteiger partial charge in [-0.05, 0) is 12.8 Å². The van der Waals surface area contributed by atoms with Crippen LogP contribution >= 0.6 is 0 Å². The third kappa shape index (κ3) is 3.55. The van der Waals surface area contributed by atoms with Gasteiger partial charge in [0, 0.05) is 25.0 Å². The molecule has 0 aromatic carbocycles. The summed E-state index contributed by atoms with van der Waals surface area (Å²) in [6, 6.07) is 0. The van der Waals surface area contributed by atoms with E-state index >= 15 is 0 Å². The summed E-state index contributed by atoms with van der Waals surface area (Å²) in [4.78, 5) is 0. The van der Waals surface area contributed by atoms with E-state index in [0.717, 1.165) is 12.8 Å². The van der Waals surface area contributed by atoms with E-state index in [1.54, 1.807) is 13.8 Å². The molecule has 7 nitrogen and oxygen atoms in total. The highest BCUT2D eigenvalue weighted by Crippen LogP contribution is 2.16.